The zero-order valence-electron chi connectivity index (χ0n) is 9.20. The number of benzene rings is 1. The van der Waals surface area contributed by atoms with Gasteiger partial charge < -0.3 is 10.0 Å². The van der Waals surface area contributed by atoms with Crippen molar-refractivity contribution in [1.82, 2.24) is 4.90 Å². The normalized spacial score (nSPS) is 13.2. The first-order valence-electron chi connectivity index (χ1n) is 5.05. The van der Waals surface area contributed by atoms with Crippen LogP contribution < -0.4 is 0 Å². The SMILES string of the molecule is CCc1ccc(C(O)CN(C)C)cc1. The maximum atomic E-state index is 9.81. The lowest BCUT2D eigenvalue weighted by molar-refractivity contribution is 0.138. The molecule has 1 N–H and O–H groups in total. The fourth-order valence-corrected chi connectivity index (χ4v) is 1.43. The molecule has 14 heavy (non-hydrogen) atoms. The molecule has 0 aliphatic heterocycles. The van der Waals surface area contributed by atoms with Crippen LogP contribution >= 0.6 is 0 Å². The van der Waals surface area contributed by atoms with Gasteiger partial charge in [-0.25, -0.2) is 0 Å². The Labute approximate surface area is 86.2 Å². The monoisotopic (exact) mass is 193 g/mol. The average Bonchev–Trinajstić information content (AvgIpc) is 2.17. The maximum absolute atomic E-state index is 9.81. The van der Waals surface area contributed by atoms with Gasteiger partial charge in [0.2, 0.25) is 0 Å². The van der Waals surface area contributed by atoms with Crippen LogP contribution in [0.2, 0.25) is 0 Å². The lowest BCUT2D eigenvalue weighted by Crippen LogP contribution is -2.19. The van der Waals surface area contributed by atoms with Crippen LogP contribution in [0, 0.1) is 0 Å². The Balaban J connectivity index is 2.66. The van der Waals surface area contributed by atoms with Crippen LogP contribution in [0.15, 0.2) is 24.3 Å². The third-order valence-electron chi connectivity index (χ3n) is 2.31. The minimum Gasteiger partial charge on any atom is -0.387 e. The molecule has 2 nitrogen and oxygen atoms in total. The van der Waals surface area contributed by atoms with Gasteiger partial charge in [-0.05, 0) is 31.6 Å². The predicted octanol–water partition coefficient (Wildman–Crippen LogP) is 1.84. The molecule has 0 heterocycles. The van der Waals surface area contributed by atoms with Crippen molar-refractivity contribution in [1.29, 1.82) is 0 Å². The first kappa shape index (κ1) is 11.2. The van der Waals surface area contributed by atoms with Crippen LogP contribution in [-0.4, -0.2) is 30.6 Å². The molecule has 0 saturated carbocycles. The predicted molar refractivity (Wildman–Crippen MR) is 59.3 cm³/mol. The summed E-state index contributed by atoms with van der Waals surface area (Å²) in [6.45, 7) is 2.80. The highest BCUT2D eigenvalue weighted by Gasteiger charge is 2.07. The quantitative estimate of drug-likeness (QED) is 0.788. The highest BCUT2D eigenvalue weighted by atomic mass is 16.3. The van der Waals surface area contributed by atoms with Crippen molar-refractivity contribution < 1.29 is 5.11 Å². The van der Waals surface area contributed by atoms with E-state index in [1.54, 1.807) is 0 Å². The molecule has 0 spiro atoms. The molecule has 1 unspecified atom stereocenters. The van der Waals surface area contributed by atoms with Crippen molar-refractivity contribution in [2.75, 3.05) is 20.6 Å². The third-order valence-corrected chi connectivity index (χ3v) is 2.31. The zero-order valence-corrected chi connectivity index (χ0v) is 9.20. The number of nitrogens with zero attached hydrogens (tertiary/aromatic N) is 1. The number of hydrogen-bond donors (Lipinski definition) is 1. The summed E-state index contributed by atoms with van der Waals surface area (Å²) in [5.74, 6) is 0. The summed E-state index contributed by atoms with van der Waals surface area (Å²) in [5, 5.41) is 9.81. The van der Waals surface area contributed by atoms with Gasteiger partial charge >= 0.3 is 0 Å². The lowest BCUT2D eigenvalue weighted by atomic mass is 10.1. The summed E-state index contributed by atoms with van der Waals surface area (Å²) in [7, 11) is 3.92. The van der Waals surface area contributed by atoms with E-state index in [0.717, 1.165) is 12.0 Å². The number of aliphatic hydroxyl groups is 1. The largest absolute Gasteiger partial charge is 0.387 e. The molecule has 0 fully saturated rings. The van der Waals surface area contributed by atoms with E-state index >= 15 is 0 Å². The highest BCUT2D eigenvalue weighted by molar-refractivity contribution is 5.24. The summed E-state index contributed by atoms with van der Waals surface area (Å²) in [5.41, 5.74) is 2.31. The molecular formula is C12H19NO. The Bertz CT molecular complexity index is 266. The Hall–Kier alpha value is -0.860. The van der Waals surface area contributed by atoms with Crippen molar-refractivity contribution in [2.24, 2.45) is 0 Å². The smallest absolute Gasteiger partial charge is 0.0916 e. The van der Waals surface area contributed by atoms with Gasteiger partial charge in [-0.1, -0.05) is 31.2 Å². The van der Waals surface area contributed by atoms with E-state index in [1.807, 2.05) is 31.1 Å². The second-order valence-corrected chi connectivity index (χ2v) is 3.87. The average molecular weight is 193 g/mol. The molecule has 0 radical (unpaired) electrons. The van der Waals surface area contributed by atoms with Crippen LogP contribution in [0.25, 0.3) is 0 Å². The number of rotatable bonds is 4. The van der Waals surface area contributed by atoms with Crippen LogP contribution in [-0.2, 0) is 6.42 Å². The number of hydrogen-bond acceptors (Lipinski definition) is 2. The van der Waals surface area contributed by atoms with Gasteiger partial charge in [0.1, 0.15) is 0 Å². The molecule has 0 aliphatic carbocycles. The molecule has 0 aromatic heterocycles. The van der Waals surface area contributed by atoms with E-state index in [1.165, 1.54) is 5.56 Å². The van der Waals surface area contributed by atoms with Gasteiger partial charge in [0, 0.05) is 6.54 Å². The topological polar surface area (TPSA) is 23.5 Å². The van der Waals surface area contributed by atoms with Crippen molar-refractivity contribution in [3.63, 3.8) is 0 Å². The lowest BCUT2D eigenvalue weighted by Gasteiger charge is -2.16. The van der Waals surface area contributed by atoms with E-state index in [-0.39, 0.29) is 6.10 Å². The second kappa shape index (κ2) is 5.13. The highest BCUT2D eigenvalue weighted by Crippen LogP contribution is 2.14. The fourth-order valence-electron chi connectivity index (χ4n) is 1.43. The van der Waals surface area contributed by atoms with E-state index in [2.05, 4.69) is 19.1 Å². The molecule has 1 aromatic carbocycles. The van der Waals surface area contributed by atoms with E-state index in [9.17, 15) is 5.11 Å². The Kier molecular flexibility index (Phi) is 4.11. The minimum absolute atomic E-state index is 0.379. The molecule has 0 saturated heterocycles. The van der Waals surface area contributed by atoms with Crippen molar-refractivity contribution in [3.8, 4) is 0 Å². The zero-order chi connectivity index (χ0) is 10.6. The summed E-state index contributed by atoms with van der Waals surface area (Å²) in [6.07, 6.45) is 0.667. The first-order valence-corrected chi connectivity index (χ1v) is 5.05. The molecule has 0 amide bonds. The van der Waals surface area contributed by atoms with Gasteiger partial charge in [-0.15, -0.1) is 0 Å². The molecule has 78 valence electrons. The van der Waals surface area contributed by atoms with Gasteiger partial charge in [-0.3, -0.25) is 0 Å². The summed E-state index contributed by atoms with van der Waals surface area (Å²) in [4.78, 5) is 1.98. The Morgan fingerprint density at radius 3 is 2.21 bits per heavy atom. The minimum atomic E-state index is -0.379. The number of aliphatic hydroxyl groups excluding tert-OH is 1. The molecule has 1 aromatic rings. The molecular weight excluding hydrogens is 174 g/mol. The van der Waals surface area contributed by atoms with Crippen molar-refractivity contribution in [3.05, 3.63) is 35.4 Å². The van der Waals surface area contributed by atoms with Gasteiger partial charge in [-0.2, -0.15) is 0 Å². The van der Waals surface area contributed by atoms with E-state index in [4.69, 9.17) is 0 Å². The van der Waals surface area contributed by atoms with Gasteiger partial charge in [0.25, 0.3) is 0 Å². The first-order chi connectivity index (χ1) is 6.63. The second-order valence-electron chi connectivity index (χ2n) is 3.87. The van der Waals surface area contributed by atoms with Crippen LogP contribution in [0.3, 0.4) is 0 Å². The third kappa shape index (κ3) is 3.13. The van der Waals surface area contributed by atoms with Crippen LogP contribution in [0.5, 0.6) is 0 Å². The Morgan fingerprint density at radius 1 is 1.21 bits per heavy atom. The maximum Gasteiger partial charge on any atom is 0.0916 e. The van der Waals surface area contributed by atoms with Crippen molar-refractivity contribution in [2.45, 2.75) is 19.4 Å². The van der Waals surface area contributed by atoms with Crippen LogP contribution in [0.1, 0.15) is 24.2 Å². The van der Waals surface area contributed by atoms with Crippen LogP contribution in [0.4, 0.5) is 0 Å². The fraction of sp³-hybridized carbons (Fsp3) is 0.500. The van der Waals surface area contributed by atoms with Gasteiger partial charge in [0.05, 0.1) is 6.10 Å². The van der Waals surface area contributed by atoms with E-state index in [0.29, 0.717) is 6.54 Å². The summed E-state index contributed by atoms with van der Waals surface area (Å²) < 4.78 is 0. The molecule has 1 atom stereocenters. The summed E-state index contributed by atoms with van der Waals surface area (Å²) in [6, 6.07) is 8.17. The molecule has 1 rings (SSSR count). The standard InChI is InChI=1S/C12H19NO/c1-4-10-5-7-11(8-6-10)12(14)9-13(2)3/h5-8,12,14H,4,9H2,1-3H3. The molecule has 0 bridgehead atoms. The molecule has 2 heteroatoms. The molecule has 0 aliphatic rings. The Morgan fingerprint density at radius 2 is 1.79 bits per heavy atom. The summed E-state index contributed by atoms with van der Waals surface area (Å²) >= 11 is 0. The van der Waals surface area contributed by atoms with Crippen molar-refractivity contribution >= 4 is 0 Å². The number of likely N-dealkylation sites (N-methyl/N-ethyl adjacent to an activating group) is 1. The van der Waals surface area contributed by atoms with E-state index < -0.39 is 0 Å². The number of aryl methyl sites for hydroxylation is 1. The van der Waals surface area contributed by atoms with Gasteiger partial charge in [0.15, 0.2) is 0 Å².